The van der Waals surface area contributed by atoms with Crippen LogP contribution in [0.1, 0.15) is 44.6 Å². The fourth-order valence-electron chi connectivity index (χ4n) is 3.20. The lowest BCUT2D eigenvalue weighted by atomic mass is 10.0. The Balaban J connectivity index is 2.93. The van der Waals surface area contributed by atoms with Crippen molar-refractivity contribution in [1.82, 2.24) is 16.0 Å². The molecule has 0 aliphatic carbocycles. The Morgan fingerprint density at radius 1 is 0.886 bits per heavy atom. The van der Waals surface area contributed by atoms with Gasteiger partial charge in [-0.15, -0.1) is 0 Å². The Labute approximate surface area is 204 Å². The fourth-order valence-corrected chi connectivity index (χ4v) is 3.20. The second kappa shape index (κ2) is 15.4. The molecule has 0 bridgehead atoms. The lowest BCUT2D eigenvalue weighted by Gasteiger charge is -2.24. The Kier molecular flexibility index (Phi) is 13.0. The van der Waals surface area contributed by atoms with E-state index in [9.17, 15) is 24.0 Å². The van der Waals surface area contributed by atoms with Crippen molar-refractivity contribution in [3.8, 4) is 0 Å². The largest absolute Gasteiger partial charge is 0.480 e. The Morgan fingerprint density at radius 2 is 1.46 bits per heavy atom. The molecule has 194 valence electrons. The van der Waals surface area contributed by atoms with E-state index in [-0.39, 0.29) is 25.7 Å². The molecule has 10 N–H and O–H groups in total. The van der Waals surface area contributed by atoms with Gasteiger partial charge in [-0.3, -0.25) is 24.0 Å². The summed E-state index contributed by atoms with van der Waals surface area (Å²) in [4.78, 5) is 60.7. The van der Waals surface area contributed by atoms with Gasteiger partial charge in [0, 0.05) is 6.42 Å². The summed E-state index contributed by atoms with van der Waals surface area (Å²) < 4.78 is 0. The molecule has 1 aromatic rings. The van der Waals surface area contributed by atoms with E-state index in [0.717, 1.165) is 5.56 Å². The smallest absolute Gasteiger partial charge is 0.325 e. The van der Waals surface area contributed by atoms with Crippen molar-refractivity contribution in [2.24, 2.45) is 17.2 Å². The number of carboxylic acid groups (broad SMARTS) is 1. The van der Waals surface area contributed by atoms with Crippen LogP contribution in [-0.4, -0.2) is 65.4 Å². The van der Waals surface area contributed by atoms with E-state index in [2.05, 4.69) is 16.0 Å². The zero-order chi connectivity index (χ0) is 26.4. The monoisotopic (exact) mass is 492 g/mol. The molecule has 1 aromatic carbocycles. The highest BCUT2D eigenvalue weighted by Crippen LogP contribution is 2.06. The SMILES string of the molecule is CC(NC(=O)C(CCCCN)NC(=O)C(CCC(N)=O)NC(=O)C(N)Cc1ccccc1)C(=O)O. The predicted octanol–water partition coefficient (Wildman–Crippen LogP) is -1.49. The van der Waals surface area contributed by atoms with Crippen molar-refractivity contribution >= 4 is 29.6 Å². The third kappa shape index (κ3) is 11.5. The van der Waals surface area contributed by atoms with Gasteiger partial charge >= 0.3 is 5.97 Å². The summed E-state index contributed by atoms with van der Waals surface area (Å²) in [5.74, 6) is -3.92. The summed E-state index contributed by atoms with van der Waals surface area (Å²) in [5.41, 5.74) is 17.5. The highest BCUT2D eigenvalue weighted by Gasteiger charge is 2.29. The van der Waals surface area contributed by atoms with Crippen LogP contribution in [0.2, 0.25) is 0 Å². The quantitative estimate of drug-likeness (QED) is 0.134. The molecule has 0 radical (unpaired) electrons. The van der Waals surface area contributed by atoms with Gasteiger partial charge in [0.15, 0.2) is 0 Å². The van der Waals surface area contributed by atoms with Gasteiger partial charge in [-0.1, -0.05) is 30.3 Å². The molecular weight excluding hydrogens is 456 g/mol. The van der Waals surface area contributed by atoms with Crippen molar-refractivity contribution in [2.45, 2.75) is 69.6 Å². The Morgan fingerprint density at radius 3 is 2.03 bits per heavy atom. The molecule has 0 aromatic heterocycles. The molecule has 4 unspecified atom stereocenters. The number of nitrogens with two attached hydrogens (primary N) is 3. The highest BCUT2D eigenvalue weighted by molar-refractivity contribution is 5.94. The number of aliphatic carboxylic acids is 1. The molecule has 0 saturated heterocycles. The maximum Gasteiger partial charge on any atom is 0.325 e. The number of carbonyl (C=O) groups is 5. The standard InChI is InChI=1S/C23H36N6O6/c1-14(23(34)35)27-21(32)17(9-5-6-12-24)29-22(33)18(10-11-19(26)30)28-20(31)16(25)13-15-7-3-2-4-8-15/h2-4,7-8,14,16-18H,5-6,9-13,24-25H2,1H3,(H2,26,30)(H,27,32)(H,28,31)(H,29,33)(H,34,35). The van der Waals surface area contributed by atoms with E-state index in [1.54, 1.807) is 0 Å². The summed E-state index contributed by atoms with van der Waals surface area (Å²) in [6, 6.07) is 4.70. The van der Waals surface area contributed by atoms with Crippen LogP contribution in [0.4, 0.5) is 0 Å². The third-order valence-electron chi connectivity index (χ3n) is 5.26. The number of rotatable bonds is 16. The van der Waals surface area contributed by atoms with Gasteiger partial charge in [-0.25, -0.2) is 0 Å². The first kappa shape index (κ1) is 29.5. The van der Waals surface area contributed by atoms with E-state index in [1.165, 1.54) is 6.92 Å². The molecule has 35 heavy (non-hydrogen) atoms. The predicted molar refractivity (Wildman–Crippen MR) is 129 cm³/mol. The average molecular weight is 493 g/mol. The molecule has 0 saturated carbocycles. The molecule has 0 fully saturated rings. The van der Waals surface area contributed by atoms with Crippen LogP contribution < -0.4 is 33.2 Å². The van der Waals surface area contributed by atoms with E-state index < -0.39 is 53.8 Å². The van der Waals surface area contributed by atoms with E-state index in [1.807, 2.05) is 30.3 Å². The van der Waals surface area contributed by atoms with Crippen molar-refractivity contribution < 1.29 is 29.1 Å². The number of nitrogens with one attached hydrogen (secondary N) is 3. The molecule has 4 atom stereocenters. The summed E-state index contributed by atoms with van der Waals surface area (Å²) in [5, 5.41) is 16.5. The van der Waals surface area contributed by atoms with Gasteiger partial charge in [-0.2, -0.15) is 0 Å². The normalized spacial score (nSPS) is 14.1. The summed E-state index contributed by atoms with van der Waals surface area (Å²) >= 11 is 0. The van der Waals surface area contributed by atoms with Crippen LogP contribution in [-0.2, 0) is 30.4 Å². The number of carbonyl (C=O) groups excluding carboxylic acids is 4. The van der Waals surface area contributed by atoms with Crippen LogP contribution in [0, 0.1) is 0 Å². The zero-order valence-corrected chi connectivity index (χ0v) is 19.9. The van der Waals surface area contributed by atoms with Gasteiger partial charge in [0.05, 0.1) is 6.04 Å². The number of primary amides is 1. The Bertz CT molecular complexity index is 865. The van der Waals surface area contributed by atoms with Gasteiger partial charge in [0.25, 0.3) is 0 Å². The van der Waals surface area contributed by atoms with Crippen molar-refractivity contribution in [3.05, 3.63) is 35.9 Å². The molecule has 0 heterocycles. The van der Waals surface area contributed by atoms with Crippen LogP contribution >= 0.6 is 0 Å². The molecule has 1 rings (SSSR count). The summed E-state index contributed by atoms with van der Waals surface area (Å²) in [6.45, 7) is 1.67. The minimum Gasteiger partial charge on any atom is -0.480 e. The van der Waals surface area contributed by atoms with Crippen molar-refractivity contribution in [1.29, 1.82) is 0 Å². The van der Waals surface area contributed by atoms with Crippen molar-refractivity contribution in [3.63, 3.8) is 0 Å². The molecule has 12 heteroatoms. The molecule has 4 amide bonds. The van der Waals surface area contributed by atoms with Gasteiger partial charge < -0.3 is 38.3 Å². The maximum atomic E-state index is 13.0. The van der Waals surface area contributed by atoms with Crippen LogP contribution in [0.3, 0.4) is 0 Å². The van der Waals surface area contributed by atoms with E-state index in [4.69, 9.17) is 22.3 Å². The van der Waals surface area contributed by atoms with Gasteiger partial charge in [-0.05, 0) is 51.1 Å². The van der Waals surface area contributed by atoms with Crippen LogP contribution in [0.25, 0.3) is 0 Å². The minimum atomic E-state index is -1.23. The minimum absolute atomic E-state index is 0.104. The maximum absolute atomic E-state index is 13.0. The van der Waals surface area contributed by atoms with Crippen LogP contribution in [0.15, 0.2) is 30.3 Å². The van der Waals surface area contributed by atoms with Gasteiger partial charge in [0.2, 0.25) is 23.6 Å². The third-order valence-corrected chi connectivity index (χ3v) is 5.26. The van der Waals surface area contributed by atoms with Crippen molar-refractivity contribution in [2.75, 3.05) is 6.54 Å². The first-order chi connectivity index (χ1) is 16.5. The van der Waals surface area contributed by atoms with E-state index in [0.29, 0.717) is 19.4 Å². The number of carboxylic acids is 1. The Hall–Kier alpha value is -3.51. The lowest BCUT2D eigenvalue weighted by molar-refractivity contribution is -0.141. The molecule has 12 nitrogen and oxygen atoms in total. The molecular formula is C23H36N6O6. The second-order valence-electron chi connectivity index (χ2n) is 8.28. The molecule has 0 aliphatic heterocycles. The average Bonchev–Trinajstić information content (AvgIpc) is 2.81. The number of hydrogen-bond acceptors (Lipinski definition) is 7. The summed E-state index contributed by atoms with van der Waals surface area (Å²) in [7, 11) is 0. The summed E-state index contributed by atoms with van der Waals surface area (Å²) in [6.07, 6.45) is 1.22. The second-order valence-corrected chi connectivity index (χ2v) is 8.28. The number of unbranched alkanes of at least 4 members (excludes halogenated alkanes) is 1. The molecule has 0 spiro atoms. The number of amides is 4. The topological polar surface area (TPSA) is 220 Å². The highest BCUT2D eigenvalue weighted by atomic mass is 16.4. The van der Waals surface area contributed by atoms with Crippen LogP contribution in [0.5, 0.6) is 0 Å². The molecule has 0 aliphatic rings. The number of benzene rings is 1. The first-order valence-corrected chi connectivity index (χ1v) is 11.5. The van der Waals surface area contributed by atoms with E-state index >= 15 is 0 Å². The van der Waals surface area contributed by atoms with Gasteiger partial charge in [0.1, 0.15) is 18.1 Å². The zero-order valence-electron chi connectivity index (χ0n) is 19.9. The lowest BCUT2D eigenvalue weighted by Crippen LogP contribution is -2.57. The fraction of sp³-hybridized carbons (Fsp3) is 0.522. The number of hydrogen-bond donors (Lipinski definition) is 7. The first-order valence-electron chi connectivity index (χ1n) is 11.5.